The summed E-state index contributed by atoms with van der Waals surface area (Å²) in [5, 5.41) is 12.5. The summed E-state index contributed by atoms with van der Waals surface area (Å²) in [5.74, 6) is -0.663. The van der Waals surface area contributed by atoms with Crippen LogP contribution in [0.25, 0.3) is 0 Å². The molecule has 0 saturated heterocycles. The second kappa shape index (κ2) is 7.54. The Labute approximate surface area is 135 Å². The van der Waals surface area contributed by atoms with Gasteiger partial charge in [-0.3, -0.25) is 19.5 Å². The van der Waals surface area contributed by atoms with Gasteiger partial charge in [-0.15, -0.1) is 0 Å². The highest BCUT2D eigenvalue weighted by Crippen LogP contribution is 2.25. The Morgan fingerprint density at radius 2 is 2.13 bits per heavy atom. The first-order valence-corrected chi connectivity index (χ1v) is 7.54. The molecule has 0 atom stereocenters. The van der Waals surface area contributed by atoms with E-state index < -0.39 is 17.5 Å². The molecule has 0 unspecified atom stereocenters. The van der Waals surface area contributed by atoms with Crippen LogP contribution in [0.15, 0.2) is 34.4 Å². The van der Waals surface area contributed by atoms with E-state index in [4.69, 9.17) is 9.47 Å². The number of carbonyl (C=O) groups excluding carboxylic acids is 1. The summed E-state index contributed by atoms with van der Waals surface area (Å²) in [6.45, 7) is 1.63. The van der Waals surface area contributed by atoms with E-state index in [-0.39, 0.29) is 29.5 Å². The summed E-state index contributed by atoms with van der Waals surface area (Å²) in [6, 6.07) is 5.76. The predicted molar refractivity (Wildman–Crippen MR) is 82.9 cm³/mol. The number of benzene rings is 1. The molecular weight excluding hydrogens is 324 g/mol. The van der Waals surface area contributed by atoms with Crippen LogP contribution in [0.1, 0.15) is 5.69 Å². The summed E-state index contributed by atoms with van der Waals surface area (Å²) in [6.07, 6.45) is 0. The van der Waals surface area contributed by atoms with Crippen molar-refractivity contribution in [3.63, 3.8) is 0 Å². The van der Waals surface area contributed by atoms with Crippen molar-refractivity contribution >= 4 is 23.0 Å². The molecule has 1 aromatic carbocycles. The summed E-state index contributed by atoms with van der Waals surface area (Å²) in [5.41, 5.74) is 0.577. The second-order valence-corrected chi connectivity index (χ2v) is 5.35. The number of nitro benzene ring substituents is 1. The van der Waals surface area contributed by atoms with Crippen LogP contribution in [0.3, 0.4) is 0 Å². The van der Waals surface area contributed by atoms with E-state index in [0.717, 1.165) is 17.0 Å². The fourth-order valence-corrected chi connectivity index (χ4v) is 2.59. The summed E-state index contributed by atoms with van der Waals surface area (Å²) >= 11 is 1.08. The highest BCUT2D eigenvalue weighted by Gasteiger charge is 2.15. The average molecular weight is 338 g/mol. The first-order valence-electron chi connectivity index (χ1n) is 6.66. The normalized spacial score (nSPS) is 10.3. The molecule has 1 aromatic heterocycles. The van der Waals surface area contributed by atoms with Gasteiger partial charge in [-0.25, -0.2) is 4.79 Å². The van der Waals surface area contributed by atoms with Gasteiger partial charge in [0.05, 0.1) is 11.5 Å². The van der Waals surface area contributed by atoms with Gasteiger partial charge in [0.1, 0.15) is 6.61 Å². The lowest BCUT2D eigenvalue weighted by Crippen LogP contribution is -2.22. The van der Waals surface area contributed by atoms with Crippen LogP contribution in [0.5, 0.6) is 5.75 Å². The Morgan fingerprint density at radius 3 is 2.78 bits per heavy atom. The third kappa shape index (κ3) is 4.39. The summed E-state index contributed by atoms with van der Waals surface area (Å²) in [7, 11) is 0. The van der Waals surface area contributed by atoms with Crippen molar-refractivity contribution in [3.05, 3.63) is 55.1 Å². The van der Waals surface area contributed by atoms with Crippen molar-refractivity contribution in [2.24, 2.45) is 0 Å². The molecule has 0 N–H and O–H groups in total. The van der Waals surface area contributed by atoms with Crippen molar-refractivity contribution < 1.29 is 19.2 Å². The Balaban J connectivity index is 1.82. The quantitative estimate of drug-likeness (QED) is 0.433. The third-order valence-electron chi connectivity index (χ3n) is 2.96. The van der Waals surface area contributed by atoms with Crippen molar-refractivity contribution in [1.29, 1.82) is 0 Å². The predicted octanol–water partition coefficient (Wildman–Crippen LogP) is 1.75. The first-order chi connectivity index (χ1) is 11.0. The lowest BCUT2D eigenvalue weighted by molar-refractivity contribution is -0.385. The number of ether oxygens (including phenoxy) is 2. The van der Waals surface area contributed by atoms with Crippen LogP contribution < -0.4 is 9.61 Å². The van der Waals surface area contributed by atoms with Gasteiger partial charge in [-0.2, -0.15) is 0 Å². The maximum absolute atomic E-state index is 11.6. The Hall–Kier alpha value is -2.68. The van der Waals surface area contributed by atoms with Gasteiger partial charge >= 0.3 is 16.5 Å². The van der Waals surface area contributed by atoms with Gasteiger partial charge in [0.2, 0.25) is 0 Å². The molecule has 0 aliphatic carbocycles. The standard InChI is InChI=1S/C14H14N2O6S/c1-10-9-23-14(18)15(10)6-7-21-13(17)8-22-12-5-3-2-4-11(12)16(19)20/h2-5,9H,6-8H2,1H3. The van der Waals surface area contributed by atoms with Crippen LogP contribution in [0.2, 0.25) is 0 Å². The van der Waals surface area contributed by atoms with Crippen LogP contribution in [0.4, 0.5) is 5.69 Å². The second-order valence-electron chi connectivity index (χ2n) is 4.53. The maximum Gasteiger partial charge on any atom is 0.344 e. The number of aryl methyl sites for hydroxylation is 1. The molecular formula is C14H14N2O6S. The van der Waals surface area contributed by atoms with Crippen molar-refractivity contribution in [2.45, 2.75) is 13.5 Å². The SMILES string of the molecule is Cc1csc(=O)n1CCOC(=O)COc1ccccc1[N+](=O)[O-]. The van der Waals surface area contributed by atoms with Crippen molar-refractivity contribution in [1.82, 2.24) is 4.57 Å². The van der Waals surface area contributed by atoms with E-state index in [9.17, 15) is 19.7 Å². The van der Waals surface area contributed by atoms with Crippen LogP contribution in [-0.2, 0) is 16.1 Å². The summed E-state index contributed by atoms with van der Waals surface area (Å²) < 4.78 is 11.6. The number of rotatable bonds is 7. The Kier molecular flexibility index (Phi) is 5.47. The van der Waals surface area contributed by atoms with Gasteiger partial charge in [-0.1, -0.05) is 23.5 Å². The Bertz CT molecular complexity index is 767. The summed E-state index contributed by atoms with van der Waals surface area (Å²) in [4.78, 5) is 33.2. The van der Waals surface area contributed by atoms with E-state index in [2.05, 4.69) is 0 Å². The molecule has 0 radical (unpaired) electrons. The number of carbonyl (C=O) groups is 1. The van der Waals surface area contributed by atoms with Crippen LogP contribution in [0, 0.1) is 17.0 Å². The van der Waals surface area contributed by atoms with E-state index in [1.54, 1.807) is 18.4 Å². The maximum atomic E-state index is 11.6. The molecule has 0 aliphatic heterocycles. The number of hydrogen-bond acceptors (Lipinski definition) is 7. The molecule has 0 fully saturated rings. The lowest BCUT2D eigenvalue weighted by atomic mass is 10.3. The smallest absolute Gasteiger partial charge is 0.344 e. The first kappa shape index (κ1) is 16.7. The molecule has 0 spiro atoms. The number of aromatic nitrogens is 1. The van der Waals surface area contributed by atoms with E-state index in [1.807, 2.05) is 0 Å². The van der Waals surface area contributed by atoms with Gasteiger partial charge in [-0.05, 0) is 13.0 Å². The monoisotopic (exact) mass is 338 g/mol. The highest BCUT2D eigenvalue weighted by atomic mass is 32.1. The minimum Gasteiger partial charge on any atom is -0.475 e. The number of esters is 1. The van der Waals surface area contributed by atoms with E-state index >= 15 is 0 Å². The average Bonchev–Trinajstić information content (AvgIpc) is 2.85. The Morgan fingerprint density at radius 1 is 1.39 bits per heavy atom. The number of para-hydroxylation sites is 2. The van der Waals surface area contributed by atoms with Gasteiger partial charge in [0.15, 0.2) is 12.4 Å². The molecule has 23 heavy (non-hydrogen) atoms. The zero-order valence-corrected chi connectivity index (χ0v) is 13.1. The third-order valence-corrected chi connectivity index (χ3v) is 3.84. The number of nitrogens with zero attached hydrogens (tertiary/aromatic N) is 2. The van der Waals surface area contributed by atoms with Gasteiger partial charge in [0.25, 0.3) is 0 Å². The zero-order valence-electron chi connectivity index (χ0n) is 12.3. The van der Waals surface area contributed by atoms with Crippen molar-refractivity contribution in [2.75, 3.05) is 13.2 Å². The highest BCUT2D eigenvalue weighted by molar-refractivity contribution is 7.07. The largest absolute Gasteiger partial charge is 0.475 e. The molecule has 0 amide bonds. The molecule has 9 heteroatoms. The molecule has 0 bridgehead atoms. The number of nitro groups is 1. The lowest BCUT2D eigenvalue weighted by Gasteiger charge is -2.08. The molecule has 2 rings (SSSR count). The molecule has 1 heterocycles. The fraction of sp³-hybridized carbons (Fsp3) is 0.286. The van der Waals surface area contributed by atoms with E-state index in [0.29, 0.717) is 0 Å². The zero-order chi connectivity index (χ0) is 16.8. The van der Waals surface area contributed by atoms with Gasteiger partial charge in [0, 0.05) is 17.1 Å². The van der Waals surface area contributed by atoms with Gasteiger partial charge < -0.3 is 9.47 Å². The molecule has 2 aromatic rings. The fourth-order valence-electron chi connectivity index (χ4n) is 1.83. The van der Waals surface area contributed by atoms with E-state index in [1.165, 1.54) is 22.8 Å². The minimum absolute atomic E-state index is 0.000603. The molecule has 8 nitrogen and oxygen atoms in total. The van der Waals surface area contributed by atoms with Crippen LogP contribution in [-0.4, -0.2) is 28.7 Å². The number of hydrogen-bond donors (Lipinski definition) is 0. The minimum atomic E-state index is -0.663. The molecule has 0 aliphatic rings. The number of thiazole rings is 1. The molecule has 0 saturated carbocycles. The molecule has 122 valence electrons. The van der Waals surface area contributed by atoms with Crippen molar-refractivity contribution in [3.8, 4) is 5.75 Å². The van der Waals surface area contributed by atoms with Crippen LogP contribution >= 0.6 is 11.3 Å². The topological polar surface area (TPSA) is 101 Å².